The zero-order valence-corrected chi connectivity index (χ0v) is 13.4. The summed E-state index contributed by atoms with van der Waals surface area (Å²) in [4.78, 5) is 4.76. The van der Waals surface area contributed by atoms with E-state index in [1.54, 1.807) is 0 Å². The highest BCUT2D eigenvalue weighted by Crippen LogP contribution is 2.36. The van der Waals surface area contributed by atoms with Gasteiger partial charge in [-0.2, -0.15) is 0 Å². The molecule has 2 rings (SSSR count). The molecular weight excluding hydrogens is 252 g/mol. The molecule has 110 valence electrons. The highest BCUT2D eigenvalue weighted by Gasteiger charge is 2.37. The van der Waals surface area contributed by atoms with Crippen LogP contribution < -0.4 is 5.32 Å². The maximum Gasteiger partial charge on any atom is 0.157 e. The highest BCUT2D eigenvalue weighted by molar-refractivity contribution is 8.14. The second-order valence-electron chi connectivity index (χ2n) is 6.21. The molecule has 1 aliphatic heterocycles. The van der Waals surface area contributed by atoms with Crippen LogP contribution in [0.2, 0.25) is 0 Å². The maximum absolute atomic E-state index is 4.76. The van der Waals surface area contributed by atoms with E-state index in [0.717, 1.165) is 6.54 Å². The monoisotopic (exact) mass is 282 g/mol. The van der Waals surface area contributed by atoms with E-state index in [-0.39, 0.29) is 0 Å². The zero-order chi connectivity index (χ0) is 13.4. The van der Waals surface area contributed by atoms with Crippen molar-refractivity contribution in [2.24, 2.45) is 4.99 Å². The van der Waals surface area contributed by atoms with Gasteiger partial charge >= 0.3 is 0 Å². The molecule has 0 unspecified atom stereocenters. The molecule has 2 aliphatic rings. The Kier molecular flexibility index (Phi) is 6.55. The van der Waals surface area contributed by atoms with E-state index < -0.39 is 0 Å². The zero-order valence-electron chi connectivity index (χ0n) is 12.5. The molecule has 0 atom stereocenters. The molecule has 1 heterocycles. The molecule has 0 aromatic rings. The minimum absolute atomic E-state index is 0.420. The third kappa shape index (κ3) is 5.02. The standard InChI is InChI=1S/C16H30N2S/c1-2-3-4-5-6-10-13-17-15-18-16(14-19-15)11-8-7-9-12-16/h2-14H2,1H3,(H,17,18). The number of unbranched alkanes of at least 4 members (excludes halogenated alkanes) is 5. The van der Waals surface area contributed by atoms with Crippen LogP contribution >= 0.6 is 11.8 Å². The van der Waals surface area contributed by atoms with Crippen LogP contribution in [0.4, 0.5) is 0 Å². The number of aliphatic imine (C=N–C) groups is 1. The molecule has 19 heavy (non-hydrogen) atoms. The second kappa shape index (κ2) is 8.18. The SMILES string of the molecule is CCCCCCCCN=C1NC2(CCCCC2)CS1. The van der Waals surface area contributed by atoms with Crippen molar-refractivity contribution in [3.05, 3.63) is 0 Å². The second-order valence-corrected chi connectivity index (χ2v) is 7.17. The minimum atomic E-state index is 0.420. The van der Waals surface area contributed by atoms with Crippen molar-refractivity contribution in [1.82, 2.24) is 5.32 Å². The number of hydrogen-bond acceptors (Lipinski definition) is 2. The fourth-order valence-corrected chi connectivity index (χ4v) is 4.41. The molecular formula is C16H30N2S. The fourth-order valence-electron chi connectivity index (χ4n) is 3.16. The van der Waals surface area contributed by atoms with Gasteiger partial charge in [0.15, 0.2) is 5.17 Å². The van der Waals surface area contributed by atoms with Gasteiger partial charge in [0.25, 0.3) is 0 Å². The van der Waals surface area contributed by atoms with Crippen molar-refractivity contribution in [3.8, 4) is 0 Å². The van der Waals surface area contributed by atoms with Crippen LogP contribution in [0.3, 0.4) is 0 Å². The molecule has 0 amide bonds. The first kappa shape index (κ1) is 15.2. The summed E-state index contributed by atoms with van der Waals surface area (Å²) < 4.78 is 0. The Morgan fingerprint density at radius 2 is 1.79 bits per heavy atom. The topological polar surface area (TPSA) is 24.4 Å². The molecule has 1 aliphatic carbocycles. The summed E-state index contributed by atoms with van der Waals surface area (Å²) in [5, 5.41) is 4.96. The van der Waals surface area contributed by atoms with Crippen LogP contribution in [0.1, 0.15) is 77.6 Å². The van der Waals surface area contributed by atoms with Crippen molar-refractivity contribution >= 4 is 16.9 Å². The van der Waals surface area contributed by atoms with Gasteiger partial charge in [0, 0.05) is 17.8 Å². The van der Waals surface area contributed by atoms with Gasteiger partial charge in [-0.15, -0.1) is 0 Å². The number of thioether (sulfide) groups is 1. The molecule has 0 aromatic heterocycles. The van der Waals surface area contributed by atoms with Gasteiger partial charge in [-0.1, -0.05) is 70.1 Å². The fraction of sp³-hybridized carbons (Fsp3) is 0.938. The molecule has 1 N–H and O–H groups in total. The lowest BCUT2D eigenvalue weighted by Crippen LogP contribution is -2.45. The van der Waals surface area contributed by atoms with Gasteiger partial charge in [0.1, 0.15) is 0 Å². The number of nitrogens with zero attached hydrogens (tertiary/aromatic N) is 1. The van der Waals surface area contributed by atoms with Gasteiger partial charge in [0.05, 0.1) is 0 Å². The van der Waals surface area contributed by atoms with Crippen molar-refractivity contribution in [3.63, 3.8) is 0 Å². The average Bonchev–Trinajstić information content (AvgIpc) is 2.81. The van der Waals surface area contributed by atoms with E-state index in [1.165, 1.54) is 81.5 Å². The minimum Gasteiger partial charge on any atom is -0.359 e. The van der Waals surface area contributed by atoms with Crippen LogP contribution in [0.25, 0.3) is 0 Å². The van der Waals surface area contributed by atoms with E-state index in [9.17, 15) is 0 Å². The quantitative estimate of drug-likeness (QED) is 0.682. The van der Waals surface area contributed by atoms with E-state index in [4.69, 9.17) is 4.99 Å². The molecule has 0 radical (unpaired) electrons. The first-order valence-corrected chi connectivity index (χ1v) is 9.29. The van der Waals surface area contributed by atoms with Crippen LogP contribution in [0.15, 0.2) is 4.99 Å². The van der Waals surface area contributed by atoms with Crippen molar-refractivity contribution in [2.45, 2.75) is 83.1 Å². The summed E-state index contributed by atoms with van der Waals surface area (Å²) in [5.41, 5.74) is 0.420. The van der Waals surface area contributed by atoms with Crippen molar-refractivity contribution in [2.75, 3.05) is 12.3 Å². The summed E-state index contributed by atoms with van der Waals surface area (Å²) in [6.45, 7) is 3.30. The Morgan fingerprint density at radius 1 is 1.05 bits per heavy atom. The summed E-state index contributed by atoms with van der Waals surface area (Å²) in [5.74, 6) is 1.25. The molecule has 0 aromatic carbocycles. The third-order valence-electron chi connectivity index (χ3n) is 4.44. The number of amidine groups is 1. The molecule has 1 spiro atoms. The van der Waals surface area contributed by atoms with Gasteiger partial charge in [-0.25, -0.2) is 0 Å². The summed E-state index contributed by atoms with van der Waals surface area (Å²) >= 11 is 1.96. The van der Waals surface area contributed by atoms with Crippen molar-refractivity contribution in [1.29, 1.82) is 0 Å². The normalized spacial score (nSPS) is 23.9. The predicted octanol–water partition coefficient (Wildman–Crippen LogP) is 4.74. The van der Waals surface area contributed by atoms with Crippen LogP contribution in [0.5, 0.6) is 0 Å². The Balaban J connectivity index is 1.59. The lowest BCUT2D eigenvalue weighted by atomic mass is 9.83. The highest BCUT2D eigenvalue weighted by atomic mass is 32.2. The van der Waals surface area contributed by atoms with Gasteiger partial charge in [-0.05, 0) is 19.3 Å². The Labute approximate surface area is 123 Å². The Morgan fingerprint density at radius 3 is 2.58 bits per heavy atom. The lowest BCUT2D eigenvalue weighted by molar-refractivity contribution is 0.303. The predicted molar refractivity (Wildman–Crippen MR) is 87.1 cm³/mol. The first-order valence-electron chi connectivity index (χ1n) is 8.30. The Bertz CT molecular complexity index is 282. The third-order valence-corrected chi connectivity index (χ3v) is 5.64. The molecule has 2 nitrogen and oxygen atoms in total. The summed E-state index contributed by atoms with van der Waals surface area (Å²) in [6.07, 6.45) is 15.1. The molecule has 1 saturated heterocycles. The van der Waals surface area contributed by atoms with E-state index >= 15 is 0 Å². The molecule has 0 bridgehead atoms. The van der Waals surface area contributed by atoms with Gasteiger partial charge < -0.3 is 5.32 Å². The largest absolute Gasteiger partial charge is 0.359 e. The first-order chi connectivity index (χ1) is 9.35. The van der Waals surface area contributed by atoms with Gasteiger partial charge in [0.2, 0.25) is 0 Å². The molecule has 3 heteroatoms. The van der Waals surface area contributed by atoms with Crippen LogP contribution in [0, 0.1) is 0 Å². The summed E-state index contributed by atoms with van der Waals surface area (Å²) in [6, 6.07) is 0. The Hall–Kier alpha value is -0.180. The van der Waals surface area contributed by atoms with Gasteiger partial charge in [-0.3, -0.25) is 4.99 Å². The van der Waals surface area contributed by atoms with E-state index in [2.05, 4.69) is 12.2 Å². The number of nitrogens with one attached hydrogen (secondary N) is 1. The smallest absolute Gasteiger partial charge is 0.157 e. The number of hydrogen-bond donors (Lipinski definition) is 1. The maximum atomic E-state index is 4.76. The van der Waals surface area contributed by atoms with Crippen molar-refractivity contribution < 1.29 is 0 Å². The lowest BCUT2D eigenvalue weighted by Gasteiger charge is -2.32. The number of rotatable bonds is 7. The molecule has 1 saturated carbocycles. The van der Waals surface area contributed by atoms with E-state index in [0.29, 0.717) is 5.54 Å². The van der Waals surface area contributed by atoms with E-state index in [1.807, 2.05) is 11.8 Å². The van der Waals surface area contributed by atoms with Crippen LogP contribution in [-0.2, 0) is 0 Å². The van der Waals surface area contributed by atoms with Crippen LogP contribution in [-0.4, -0.2) is 23.0 Å². The summed E-state index contributed by atoms with van der Waals surface area (Å²) in [7, 11) is 0. The average molecular weight is 282 g/mol. The molecule has 2 fully saturated rings.